The van der Waals surface area contributed by atoms with E-state index < -0.39 is 0 Å². The standard InChI is InChI=1S/C12H16N4O/c1-9(2)10-3-5-11(6-4-10)16-14-12(7-8-17)13-15-16/h3-6,9,17H,7-8H2,1-2H3. The Labute approximate surface area is 100 Å². The Morgan fingerprint density at radius 2 is 1.94 bits per heavy atom. The van der Waals surface area contributed by atoms with Crippen molar-refractivity contribution < 1.29 is 5.11 Å². The number of aliphatic hydroxyl groups is 1. The van der Waals surface area contributed by atoms with Gasteiger partial charge in [0.2, 0.25) is 0 Å². The first-order chi connectivity index (χ1) is 8.20. The summed E-state index contributed by atoms with van der Waals surface area (Å²) in [5.41, 5.74) is 2.16. The monoisotopic (exact) mass is 232 g/mol. The van der Waals surface area contributed by atoms with Gasteiger partial charge in [0.15, 0.2) is 5.82 Å². The summed E-state index contributed by atoms with van der Waals surface area (Å²) in [5.74, 6) is 1.07. The zero-order chi connectivity index (χ0) is 12.3. The summed E-state index contributed by atoms with van der Waals surface area (Å²) in [6.07, 6.45) is 0.435. The lowest BCUT2D eigenvalue weighted by atomic mass is 10.0. The lowest BCUT2D eigenvalue weighted by Gasteiger charge is -2.05. The highest BCUT2D eigenvalue weighted by molar-refractivity contribution is 5.33. The third kappa shape index (κ3) is 2.68. The molecule has 90 valence electrons. The van der Waals surface area contributed by atoms with E-state index in [1.165, 1.54) is 10.4 Å². The van der Waals surface area contributed by atoms with Crippen molar-refractivity contribution >= 4 is 0 Å². The van der Waals surface area contributed by atoms with Crippen LogP contribution >= 0.6 is 0 Å². The molecular formula is C12H16N4O. The van der Waals surface area contributed by atoms with E-state index in [0.717, 1.165) is 5.69 Å². The average molecular weight is 232 g/mol. The third-order valence-electron chi connectivity index (χ3n) is 2.58. The first kappa shape index (κ1) is 11.7. The Bertz CT molecular complexity index is 476. The molecule has 0 aliphatic carbocycles. The van der Waals surface area contributed by atoms with Crippen LogP contribution in [0.2, 0.25) is 0 Å². The van der Waals surface area contributed by atoms with E-state index in [1.54, 1.807) is 0 Å². The van der Waals surface area contributed by atoms with Gasteiger partial charge < -0.3 is 5.11 Å². The van der Waals surface area contributed by atoms with Crippen LogP contribution in [0.3, 0.4) is 0 Å². The number of hydrogen-bond acceptors (Lipinski definition) is 4. The topological polar surface area (TPSA) is 63.8 Å². The van der Waals surface area contributed by atoms with E-state index in [2.05, 4.69) is 41.4 Å². The van der Waals surface area contributed by atoms with Crippen molar-refractivity contribution in [1.82, 2.24) is 20.2 Å². The van der Waals surface area contributed by atoms with Crippen LogP contribution in [0.5, 0.6) is 0 Å². The molecular weight excluding hydrogens is 216 g/mol. The van der Waals surface area contributed by atoms with Gasteiger partial charge in [-0.05, 0) is 28.8 Å². The molecule has 17 heavy (non-hydrogen) atoms. The van der Waals surface area contributed by atoms with Gasteiger partial charge in [0.1, 0.15) is 0 Å². The molecule has 0 amide bonds. The summed E-state index contributed by atoms with van der Waals surface area (Å²) in [6.45, 7) is 4.35. The fraction of sp³-hybridized carbons (Fsp3) is 0.417. The molecule has 1 N–H and O–H groups in total. The maximum Gasteiger partial charge on any atom is 0.177 e. The van der Waals surface area contributed by atoms with E-state index in [1.807, 2.05) is 12.1 Å². The second kappa shape index (κ2) is 5.05. The van der Waals surface area contributed by atoms with E-state index >= 15 is 0 Å². The van der Waals surface area contributed by atoms with E-state index in [4.69, 9.17) is 5.11 Å². The summed E-state index contributed by atoms with van der Waals surface area (Å²) in [7, 11) is 0. The van der Waals surface area contributed by atoms with E-state index in [-0.39, 0.29) is 6.61 Å². The molecule has 0 aliphatic rings. The maximum absolute atomic E-state index is 8.78. The van der Waals surface area contributed by atoms with E-state index in [0.29, 0.717) is 18.2 Å². The van der Waals surface area contributed by atoms with Crippen LogP contribution in [-0.2, 0) is 6.42 Å². The number of rotatable bonds is 4. The quantitative estimate of drug-likeness (QED) is 0.863. The van der Waals surface area contributed by atoms with Gasteiger partial charge in [-0.1, -0.05) is 26.0 Å². The zero-order valence-corrected chi connectivity index (χ0v) is 10.0. The molecule has 0 spiro atoms. The molecule has 0 radical (unpaired) electrons. The molecule has 0 saturated heterocycles. The van der Waals surface area contributed by atoms with Crippen molar-refractivity contribution in [3.8, 4) is 5.69 Å². The molecule has 1 aromatic heterocycles. The predicted octanol–water partition coefficient (Wildman–Crippen LogP) is 1.32. The lowest BCUT2D eigenvalue weighted by molar-refractivity contribution is 0.296. The van der Waals surface area contributed by atoms with Gasteiger partial charge in [-0.25, -0.2) is 0 Å². The molecule has 0 bridgehead atoms. The molecule has 1 aromatic carbocycles. The summed E-state index contributed by atoms with van der Waals surface area (Å²) < 4.78 is 0. The molecule has 0 fully saturated rings. The van der Waals surface area contributed by atoms with Crippen molar-refractivity contribution in [2.45, 2.75) is 26.2 Å². The Morgan fingerprint density at radius 3 is 2.53 bits per heavy atom. The Hall–Kier alpha value is -1.75. The molecule has 2 aromatic rings. The number of aliphatic hydroxyl groups excluding tert-OH is 1. The van der Waals surface area contributed by atoms with Gasteiger partial charge in [-0.15, -0.1) is 15.0 Å². The smallest absolute Gasteiger partial charge is 0.177 e. The number of aromatic nitrogens is 4. The fourth-order valence-electron chi connectivity index (χ4n) is 1.55. The Morgan fingerprint density at radius 1 is 1.24 bits per heavy atom. The van der Waals surface area contributed by atoms with Gasteiger partial charge in [0.25, 0.3) is 0 Å². The van der Waals surface area contributed by atoms with Crippen molar-refractivity contribution in [3.05, 3.63) is 35.7 Å². The van der Waals surface area contributed by atoms with Gasteiger partial charge >= 0.3 is 0 Å². The number of benzene rings is 1. The second-order valence-electron chi connectivity index (χ2n) is 4.21. The lowest BCUT2D eigenvalue weighted by Crippen LogP contribution is -2.00. The van der Waals surface area contributed by atoms with Gasteiger partial charge in [-0.2, -0.15) is 0 Å². The van der Waals surface area contributed by atoms with Gasteiger partial charge in [-0.3, -0.25) is 0 Å². The summed E-state index contributed by atoms with van der Waals surface area (Å²) in [4.78, 5) is 1.48. The summed E-state index contributed by atoms with van der Waals surface area (Å²) in [5, 5.41) is 20.8. The third-order valence-corrected chi connectivity index (χ3v) is 2.58. The zero-order valence-electron chi connectivity index (χ0n) is 10.0. The van der Waals surface area contributed by atoms with Crippen LogP contribution in [0.1, 0.15) is 31.2 Å². The first-order valence-corrected chi connectivity index (χ1v) is 5.71. The minimum atomic E-state index is 0.0397. The molecule has 0 atom stereocenters. The van der Waals surface area contributed by atoms with Crippen LogP contribution in [0.25, 0.3) is 5.69 Å². The highest BCUT2D eigenvalue weighted by Crippen LogP contribution is 2.15. The first-order valence-electron chi connectivity index (χ1n) is 5.71. The molecule has 0 saturated carbocycles. The van der Waals surface area contributed by atoms with Crippen LogP contribution in [-0.4, -0.2) is 31.9 Å². The normalized spacial score (nSPS) is 11.1. The molecule has 1 heterocycles. The summed E-state index contributed by atoms with van der Waals surface area (Å²) >= 11 is 0. The fourth-order valence-corrected chi connectivity index (χ4v) is 1.55. The van der Waals surface area contributed by atoms with E-state index in [9.17, 15) is 0 Å². The predicted molar refractivity (Wildman–Crippen MR) is 64.0 cm³/mol. The SMILES string of the molecule is CC(C)c1ccc(-n2nnc(CCO)n2)cc1. The molecule has 5 heteroatoms. The Balaban J connectivity index is 2.21. The highest BCUT2D eigenvalue weighted by Gasteiger charge is 2.05. The second-order valence-corrected chi connectivity index (χ2v) is 4.21. The largest absolute Gasteiger partial charge is 0.396 e. The highest BCUT2D eigenvalue weighted by atomic mass is 16.3. The van der Waals surface area contributed by atoms with Gasteiger partial charge in [0.05, 0.1) is 12.3 Å². The van der Waals surface area contributed by atoms with Crippen LogP contribution in [0, 0.1) is 0 Å². The number of nitrogens with zero attached hydrogens (tertiary/aromatic N) is 4. The summed E-state index contributed by atoms with van der Waals surface area (Å²) in [6, 6.07) is 8.07. The molecule has 5 nitrogen and oxygen atoms in total. The number of tetrazole rings is 1. The van der Waals surface area contributed by atoms with Crippen molar-refractivity contribution in [2.75, 3.05) is 6.61 Å². The maximum atomic E-state index is 8.78. The minimum absolute atomic E-state index is 0.0397. The van der Waals surface area contributed by atoms with Crippen LogP contribution in [0.15, 0.2) is 24.3 Å². The molecule has 2 rings (SSSR count). The van der Waals surface area contributed by atoms with Crippen molar-refractivity contribution in [1.29, 1.82) is 0 Å². The van der Waals surface area contributed by atoms with Crippen molar-refractivity contribution in [2.24, 2.45) is 0 Å². The van der Waals surface area contributed by atoms with Gasteiger partial charge in [0, 0.05) is 6.42 Å². The number of hydrogen-bond donors (Lipinski definition) is 1. The molecule has 0 unspecified atom stereocenters. The van der Waals surface area contributed by atoms with Crippen LogP contribution in [0.4, 0.5) is 0 Å². The Kier molecular flexibility index (Phi) is 3.49. The minimum Gasteiger partial charge on any atom is -0.396 e. The van der Waals surface area contributed by atoms with Crippen molar-refractivity contribution in [3.63, 3.8) is 0 Å². The molecule has 0 aliphatic heterocycles. The van der Waals surface area contributed by atoms with Crippen LogP contribution < -0.4 is 0 Å². The average Bonchev–Trinajstić information content (AvgIpc) is 2.78.